The Balaban J connectivity index is 1.57. The van der Waals surface area contributed by atoms with E-state index in [0.717, 1.165) is 33.4 Å². The van der Waals surface area contributed by atoms with E-state index in [2.05, 4.69) is 50.0 Å². The average molecular weight is 339 g/mol. The Morgan fingerprint density at radius 1 is 0.731 bits per heavy atom. The van der Waals surface area contributed by atoms with Crippen LogP contribution in [0.1, 0.15) is 0 Å². The largest absolute Gasteiger partial charge is 0.355 e. The number of hydrogen-bond donors (Lipinski definition) is 1. The highest BCUT2D eigenvalue weighted by molar-refractivity contribution is 5.94. The number of rotatable bonds is 3. The summed E-state index contributed by atoms with van der Waals surface area (Å²) in [5.41, 5.74) is 4.96. The van der Waals surface area contributed by atoms with E-state index in [0.29, 0.717) is 5.82 Å². The highest BCUT2D eigenvalue weighted by Crippen LogP contribution is 2.32. The zero-order valence-corrected chi connectivity index (χ0v) is 13.6. The van der Waals surface area contributed by atoms with Gasteiger partial charge >= 0.3 is 0 Å². The molecule has 0 saturated heterocycles. The maximum Gasteiger partial charge on any atom is 0.204 e. The molecule has 0 bridgehead atoms. The number of fused-ring (bicyclic) bond motifs is 1. The zero-order chi connectivity index (χ0) is 17.3. The van der Waals surface area contributed by atoms with Gasteiger partial charge < -0.3 is 4.52 Å². The Morgan fingerprint density at radius 3 is 2.23 bits per heavy atom. The fourth-order valence-corrected chi connectivity index (χ4v) is 3.02. The molecule has 124 valence electrons. The quantitative estimate of drug-likeness (QED) is 0.529. The van der Waals surface area contributed by atoms with Crippen molar-refractivity contribution < 1.29 is 4.52 Å². The van der Waals surface area contributed by atoms with Crippen LogP contribution < -0.4 is 0 Å². The molecule has 0 radical (unpaired) electrons. The van der Waals surface area contributed by atoms with Gasteiger partial charge in [-0.2, -0.15) is 5.21 Å². The van der Waals surface area contributed by atoms with Gasteiger partial charge in [-0.25, -0.2) is 0 Å². The number of benzene rings is 3. The van der Waals surface area contributed by atoms with Crippen molar-refractivity contribution in [3.63, 3.8) is 0 Å². The molecule has 3 aromatic carbocycles. The number of nitrogens with one attached hydrogen (secondary N) is 1. The highest BCUT2D eigenvalue weighted by Gasteiger charge is 2.13. The summed E-state index contributed by atoms with van der Waals surface area (Å²) < 4.78 is 5.60. The molecule has 0 amide bonds. The summed E-state index contributed by atoms with van der Waals surface area (Å²) >= 11 is 0. The lowest BCUT2D eigenvalue weighted by Gasteiger charge is -2.03. The summed E-state index contributed by atoms with van der Waals surface area (Å²) in [6, 6.07) is 24.3. The van der Waals surface area contributed by atoms with Gasteiger partial charge in [0.15, 0.2) is 5.76 Å². The Labute approximate surface area is 148 Å². The highest BCUT2D eigenvalue weighted by atomic mass is 16.5. The van der Waals surface area contributed by atoms with Crippen molar-refractivity contribution in [3.8, 4) is 33.8 Å². The van der Waals surface area contributed by atoms with E-state index in [1.807, 2.05) is 48.5 Å². The first-order valence-corrected chi connectivity index (χ1v) is 8.17. The van der Waals surface area contributed by atoms with Gasteiger partial charge in [0.05, 0.1) is 5.39 Å². The van der Waals surface area contributed by atoms with E-state index < -0.39 is 0 Å². The SMILES string of the molecule is c1ccc(-c2ccc(-c3onc4ccc(-c5nn[nH]n5)cc34)cc2)cc1. The third-order valence-electron chi connectivity index (χ3n) is 4.33. The molecule has 2 heterocycles. The van der Waals surface area contributed by atoms with Crippen LogP contribution in [0.5, 0.6) is 0 Å². The van der Waals surface area contributed by atoms with E-state index in [4.69, 9.17) is 4.52 Å². The van der Waals surface area contributed by atoms with Gasteiger partial charge in [0.1, 0.15) is 5.52 Å². The molecule has 2 aromatic heterocycles. The number of aromatic amines is 1. The van der Waals surface area contributed by atoms with Crippen LogP contribution in [-0.4, -0.2) is 25.8 Å². The fraction of sp³-hybridized carbons (Fsp3) is 0. The molecule has 5 rings (SSSR count). The molecule has 0 unspecified atom stereocenters. The summed E-state index contributed by atoms with van der Waals surface area (Å²) in [5, 5.41) is 19.2. The average Bonchev–Trinajstić information content (AvgIpc) is 3.38. The molecule has 0 fully saturated rings. The number of tetrazole rings is 1. The first-order valence-electron chi connectivity index (χ1n) is 8.17. The number of H-pyrrole nitrogens is 1. The van der Waals surface area contributed by atoms with Crippen molar-refractivity contribution in [2.45, 2.75) is 0 Å². The van der Waals surface area contributed by atoms with Gasteiger partial charge in [-0.3, -0.25) is 0 Å². The second-order valence-corrected chi connectivity index (χ2v) is 5.92. The van der Waals surface area contributed by atoms with Crippen LogP contribution in [-0.2, 0) is 0 Å². The monoisotopic (exact) mass is 339 g/mol. The summed E-state index contributed by atoms with van der Waals surface area (Å²) in [6.07, 6.45) is 0. The molecular formula is C20H13N5O. The fourth-order valence-electron chi connectivity index (χ4n) is 3.02. The normalized spacial score (nSPS) is 11.1. The predicted molar refractivity (Wildman–Crippen MR) is 98.1 cm³/mol. The summed E-state index contributed by atoms with van der Waals surface area (Å²) in [7, 11) is 0. The van der Waals surface area contributed by atoms with Gasteiger partial charge in [-0.05, 0) is 34.5 Å². The van der Waals surface area contributed by atoms with Crippen LogP contribution in [0.2, 0.25) is 0 Å². The maximum absolute atomic E-state index is 5.60. The van der Waals surface area contributed by atoms with Crippen LogP contribution in [0.25, 0.3) is 44.7 Å². The van der Waals surface area contributed by atoms with Gasteiger partial charge in [0, 0.05) is 11.1 Å². The Hall–Kier alpha value is -3.80. The van der Waals surface area contributed by atoms with E-state index in [1.165, 1.54) is 5.56 Å². The number of hydrogen-bond acceptors (Lipinski definition) is 5. The molecule has 26 heavy (non-hydrogen) atoms. The van der Waals surface area contributed by atoms with Crippen molar-refractivity contribution in [3.05, 3.63) is 72.8 Å². The summed E-state index contributed by atoms with van der Waals surface area (Å²) in [6.45, 7) is 0. The first-order chi connectivity index (χ1) is 12.9. The van der Waals surface area contributed by atoms with Gasteiger partial charge in [-0.15, -0.1) is 10.2 Å². The van der Waals surface area contributed by atoms with Crippen molar-refractivity contribution in [1.29, 1.82) is 0 Å². The second-order valence-electron chi connectivity index (χ2n) is 5.92. The van der Waals surface area contributed by atoms with Crippen LogP contribution >= 0.6 is 0 Å². The molecule has 0 atom stereocenters. The third-order valence-corrected chi connectivity index (χ3v) is 4.33. The Kier molecular flexibility index (Phi) is 3.31. The van der Waals surface area contributed by atoms with Crippen molar-refractivity contribution >= 4 is 10.9 Å². The molecule has 0 aliphatic heterocycles. The van der Waals surface area contributed by atoms with E-state index in [-0.39, 0.29) is 0 Å². The minimum atomic E-state index is 0.540. The molecule has 1 N–H and O–H groups in total. The first kappa shape index (κ1) is 14.5. The van der Waals surface area contributed by atoms with Crippen LogP contribution in [0, 0.1) is 0 Å². The lowest BCUT2D eigenvalue weighted by atomic mass is 10.0. The zero-order valence-electron chi connectivity index (χ0n) is 13.6. The van der Waals surface area contributed by atoms with Gasteiger partial charge in [-0.1, -0.05) is 59.8 Å². The number of aromatic nitrogens is 5. The second kappa shape index (κ2) is 5.93. The topological polar surface area (TPSA) is 80.5 Å². The standard InChI is InChI=1S/C20H13N5O/c1-2-4-13(5-3-1)14-6-8-15(9-7-14)19-17-12-16(20-21-24-25-22-20)10-11-18(17)23-26-19/h1-12H,(H,21,22,24,25). The van der Waals surface area contributed by atoms with Crippen LogP contribution in [0.4, 0.5) is 0 Å². The maximum atomic E-state index is 5.60. The predicted octanol–water partition coefficient (Wildman–Crippen LogP) is 4.34. The summed E-state index contributed by atoms with van der Waals surface area (Å²) in [4.78, 5) is 0. The third kappa shape index (κ3) is 2.44. The molecule has 6 heteroatoms. The molecule has 0 aliphatic rings. The van der Waals surface area contributed by atoms with Crippen molar-refractivity contribution in [1.82, 2.24) is 25.8 Å². The number of nitrogens with zero attached hydrogens (tertiary/aromatic N) is 4. The van der Waals surface area contributed by atoms with Crippen LogP contribution in [0.15, 0.2) is 77.3 Å². The van der Waals surface area contributed by atoms with E-state index >= 15 is 0 Å². The Bertz CT molecular complexity index is 1160. The molecule has 0 saturated carbocycles. The molecular weight excluding hydrogens is 326 g/mol. The minimum Gasteiger partial charge on any atom is -0.355 e. The van der Waals surface area contributed by atoms with Gasteiger partial charge in [0.2, 0.25) is 5.82 Å². The van der Waals surface area contributed by atoms with Crippen LogP contribution in [0.3, 0.4) is 0 Å². The van der Waals surface area contributed by atoms with Crippen molar-refractivity contribution in [2.75, 3.05) is 0 Å². The lowest BCUT2D eigenvalue weighted by Crippen LogP contribution is -1.82. The Morgan fingerprint density at radius 2 is 1.46 bits per heavy atom. The van der Waals surface area contributed by atoms with E-state index in [9.17, 15) is 0 Å². The molecule has 5 aromatic rings. The molecule has 0 aliphatic carbocycles. The smallest absolute Gasteiger partial charge is 0.204 e. The molecule has 6 nitrogen and oxygen atoms in total. The summed E-state index contributed by atoms with van der Waals surface area (Å²) in [5.74, 6) is 1.27. The minimum absolute atomic E-state index is 0.540. The lowest BCUT2D eigenvalue weighted by molar-refractivity contribution is 0.441. The molecule has 0 spiro atoms. The van der Waals surface area contributed by atoms with E-state index in [1.54, 1.807) is 0 Å². The van der Waals surface area contributed by atoms with Crippen molar-refractivity contribution in [2.24, 2.45) is 0 Å². The van der Waals surface area contributed by atoms with Gasteiger partial charge in [0.25, 0.3) is 0 Å².